The van der Waals surface area contributed by atoms with Crippen molar-refractivity contribution in [2.75, 3.05) is 11.1 Å². The number of nitrogens with zero attached hydrogens (tertiary/aromatic N) is 3. The fourth-order valence-electron chi connectivity index (χ4n) is 2.10. The number of nitrogens with one attached hydrogen (secondary N) is 1. The lowest BCUT2D eigenvalue weighted by Gasteiger charge is -2.06. The van der Waals surface area contributed by atoms with E-state index in [2.05, 4.69) is 15.5 Å². The van der Waals surface area contributed by atoms with E-state index in [1.54, 1.807) is 12.1 Å². The molecule has 0 bridgehead atoms. The van der Waals surface area contributed by atoms with Crippen LogP contribution in [0, 0.1) is 10.1 Å². The molecular formula is C18H15N5O2. The van der Waals surface area contributed by atoms with Crippen molar-refractivity contribution in [2.45, 2.75) is 0 Å². The van der Waals surface area contributed by atoms with E-state index in [0.29, 0.717) is 17.1 Å². The van der Waals surface area contributed by atoms with Crippen molar-refractivity contribution in [3.05, 3.63) is 82.9 Å². The Bertz CT molecular complexity index is 888. The minimum atomic E-state index is -0.451. The molecule has 0 unspecified atom stereocenters. The first-order valence-corrected chi connectivity index (χ1v) is 7.49. The minimum absolute atomic E-state index is 0.0250. The number of nitro benzene ring substituents is 1. The summed E-state index contributed by atoms with van der Waals surface area (Å²) in [5, 5.41) is 22.1. The van der Waals surface area contributed by atoms with Gasteiger partial charge in [-0.15, -0.1) is 0 Å². The monoisotopic (exact) mass is 333 g/mol. The molecule has 0 amide bonds. The summed E-state index contributed by atoms with van der Waals surface area (Å²) in [4.78, 5) is 10.2. The molecule has 124 valence electrons. The lowest BCUT2D eigenvalue weighted by atomic mass is 10.2. The Morgan fingerprint density at radius 1 is 0.760 bits per heavy atom. The van der Waals surface area contributed by atoms with E-state index in [1.165, 1.54) is 12.1 Å². The highest BCUT2D eigenvalue weighted by Crippen LogP contribution is 2.24. The summed E-state index contributed by atoms with van der Waals surface area (Å²) in [7, 11) is 0. The highest BCUT2D eigenvalue weighted by atomic mass is 16.6. The zero-order chi connectivity index (χ0) is 17.6. The van der Waals surface area contributed by atoms with E-state index in [0.717, 1.165) is 11.4 Å². The molecule has 7 nitrogen and oxygen atoms in total. The molecule has 0 aromatic heterocycles. The summed E-state index contributed by atoms with van der Waals surface area (Å²) in [5.74, 6) is 0. The molecule has 0 aliphatic heterocycles. The van der Waals surface area contributed by atoms with Crippen LogP contribution >= 0.6 is 0 Å². The van der Waals surface area contributed by atoms with E-state index in [9.17, 15) is 10.1 Å². The molecule has 25 heavy (non-hydrogen) atoms. The van der Waals surface area contributed by atoms with Crippen LogP contribution < -0.4 is 11.1 Å². The zero-order valence-electron chi connectivity index (χ0n) is 13.2. The SMILES string of the molecule is Nc1ccc(Nc2ccc(N=Nc3ccc([N+](=O)[O-])cc3)cc2)cc1. The number of nitrogens with two attached hydrogens (primary N) is 1. The van der Waals surface area contributed by atoms with Crippen LogP contribution in [0.2, 0.25) is 0 Å². The van der Waals surface area contributed by atoms with Crippen LogP contribution in [0.1, 0.15) is 0 Å². The maximum Gasteiger partial charge on any atom is 0.269 e. The van der Waals surface area contributed by atoms with Crippen molar-refractivity contribution in [3.8, 4) is 0 Å². The first kappa shape index (κ1) is 16.1. The number of non-ortho nitro benzene ring substituents is 1. The highest BCUT2D eigenvalue weighted by molar-refractivity contribution is 5.63. The molecule has 0 aliphatic carbocycles. The van der Waals surface area contributed by atoms with Crippen LogP contribution in [0.15, 0.2) is 83.0 Å². The Hall–Kier alpha value is -3.74. The van der Waals surface area contributed by atoms with Crippen LogP contribution in [0.5, 0.6) is 0 Å². The third kappa shape index (κ3) is 4.38. The third-order valence-corrected chi connectivity index (χ3v) is 3.41. The van der Waals surface area contributed by atoms with Crippen molar-refractivity contribution in [1.29, 1.82) is 0 Å². The van der Waals surface area contributed by atoms with Gasteiger partial charge in [0, 0.05) is 29.2 Å². The van der Waals surface area contributed by atoms with Gasteiger partial charge in [0.05, 0.1) is 16.3 Å². The van der Waals surface area contributed by atoms with Gasteiger partial charge in [-0.25, -0.2) is 0 Å². The number of rotatable bonds is 5. The van der Waals surface area contributed by atoms with Gasteiger partial charge in [0.2, 0.25) is 0 Å². The number of anilines is 3. The molecule has 7 heteroatoms. The Balaban J connectivity index is 1.65. The highest BCUT2D eigenvalue weighted by Gasteiger charge is 2.03. The largest absolute Gasteiger partial charge is 0.399 e. The second-order valence-electron chi connectivity index (χ2n) is 5.27. The van der Waals surface area contributed by atoms with Crippen LogP contribution in [0.3, 0.4) is 0 Å². The number of nitrogen functional groups attached to an aromatic ring is 1. The lowest BCUT2D eigenvalue weighted by molar-refractivity contribution is -0.384. The van der Waals surface area contributed by atoms with Gasteiger partial charge >= 0.3 is 0 Å². The summed E-state index contributed by atoms with van der Waals surface area (Å²) in [5.41, 5.74) is 9.49. The summed E-state index contributed by atoms with van der Waals surface area (Å²) < 4.78 is 0. The number of hydrogen-bond acceptors (Lipinski definition) is 6. The molecule has 0 heterocycles. The molecule has 3 rings (SSSR count). The van der Waals surface area contributed by atoms with E-state index in [1.807, 2.05) is 48.5 Å². The molecule has 3 aromatic carbocycles. The van der Waals surface area contributed by atoms with Crippen molar-refractivity contribution >= 4 is 34.1 Å². The fraction of sp³-hybridized carbons (Fsp3) is 0. The summed E-state index contributed by atoms with van der Waals surface area (Å²) in [6.45, 7) is 0. The summed E-state index contributed by atoms with van der Waals surface area (Å²) >= 11 is 0. The average Bonchev–Trinajstić information content (AvgIpc) is 2.63. The van der Waals surface area contributed by atoms with Crippen molar-refractivity contribution in [3.63, 3.8) is 0 Å². The topological polar surface area (TPSA) is 106 Å². The first-order chi connectivity index (χ1) is 12.1. The normalized spacial score (nSPS) is 10.7. The smallest absolute Gasteiger partial charge is 0.269 e. The Kier molecular flexibility index (Phi) is 4.66. The van der Waals surface area contributed by atoms with E-state index >= 15 is 0 Å². The zero-order valence-corrected chi connectivity index (χ0v) is 13.2. The number of hydrogen-bond donors (Lipinski definition) is 2. The quantitative estimate of drug-likeness (QED) is 0.284. The molecule has 3 aromatic rings. The van der Waals surface area contributed by atoms with Crippen LogP contribution in [-0.4, -0.2) is 4.92 Å². The van der Waals surface area contributed by atoms with Crippen molar-refractivity contribution in [2.24, 2.45) is 10.2 Å². The standard InChI is InChI=1S/C18H15N5O2/c19-13-1-3-14(4-2-13)20-15-5-7-16(8-6-15)21-22-17-9-11-18(12-10-17)23(24)25/h1-12,20H,19H2. The van der Waals surface area contributed by atoms with Crippen molar-refractivity contribution in [1.82, 2.24) is 0 Å². The molecule has 0 saturated heterocycles. The lowest BCUT2D eigenvalue weighted by Crippen LogP contribution is -1.90. The van der Waals surface area contributed by atoms with Gasteiger partial charge in [-0.2, -0.15) is 10.2 Å². The summed E-state index contributed by atoms with van der Waals surface area (Å²) in [6.07, 6.45) is 0. The van der Waals surface area contributed by atoms with Gasteiger partial charge in [-0.3, -0.25) is 10.1 Å². The van der Waals surface area contributed by atoms with Gasteiger partial charge in [0.1, 0.15) is 0 Å². The van der Waals surface area contributed by atoms with Gasteiger partial charge in [-0.1, -0.05) is 0 Å². The van der Waals surface area contributed by atoms with Gasteiger partial charge in [0.25, 0.3) is 5.69 Å². The number of azo groups is 1. The first-order valence-electron chi connectivity index (χ1n) is 7.49. The second kappa shape index (κ2) is 7.22. The van der Waals surface area contributed by atoms with Crippen molar-refractivity contribution < 1.29 is 4.92 Å². The Morgan fingerprint density at radius 2 is 1.20 bits per heavy atom. The molecule has 0 aliphatic rings. The number of nitro groups is 1. The molecule has 0 radical (unpaired) electrons. The van der Waals surface area contributed by atoms with Crippen LogP contribution in [-0.2, 0) is 0 Å². The van der Waals surface area contributed by atoms with E-state index in [-0.39, 0.29) is 5.69 Å². The van der Waals surface area contributed by atoms with Gasteiger partial charge in [-0.05, 0) is 60.7 Å². The second-order valence-corrected chi connectivity index (χ2v) is 5.27. The molecule has 0 saturated carbocycles. The molecular weight excluding hydrogens is 318 g/mol. The Labute approximate surface area is 144 Å². The third-order valence-electron chi connectivity index (χ3n) is 3.41. The molecule has 0 atom stereocenters. The van der Waals surface area contributed by atoms with E-state index in [4.69, 9.17) is 5.73 Å². The predicted molar refractivity (Wildman–Crippen MR) is 97.9 cm³/mol. The molecule has 0 fully saturated rings. The minimum Gasteiger partial charge on any atom is -0.399 e. The fourth-order valence-corrected chi connectivity index (χ4v) is 2.10. The van der Waals surface area contributed by atoms with Crippen LogP contribution in [0.4, 0.5) is 34.1 Å². The van der Waals surface area contributed by atoms with Gasteiger partial charge in [0.15, 0.2) is 0 Å². The number of benzene rings is 3. The van der Waals surface area contributed by atoms with E-state index < -0.39 is 4.92 Å². The Morgan fingerprint density at radius 3 is 1.68 bits per heavy atom. The summed E-state index contributed by atoms with van der Waals surface area (Å²) in [6, 6.07) is 20.8. The van der Waals surface area contributed by atoms with Gasteiger partial charge < -0.3 is 11.1 Å². The maximum atomic E-state index is 10.6. The maximum absolute atomic E-state index is 10.6. The average molecular weight is 333 g/mol. The van der Waals surface area contributed by atoms with Crippen LogP contribution in [0.25, 0.3) is 0 Å². The molecule has 0 spiro atoms. The molecule has 3 N–H and O–H groups in total. The predicted octanol–water partition coefficient (Wildman–Crippen LogP) is 5.34.